The predicted octanol–water partition coefficient (Wildman–Crippen LogP) is 2.60. The molecule has 0 radical (unpaired) electrons. The molecular weight excluding hydrogens is 222 g/mol. The lowest BCUT2D eigenvalue weighted by molar-refractivity contribution is -0.132. The molecule has 1 rings (SSSR count). The molecule has 3 nitrogen and oxygen atoms in total. The third-order valence-corrected chi connectivity index (χ3v) is 3.23. The number of aliphatic carboxylic acids is 1. The molecule has 0 unspecified atom stereocenters. The SMILES string of the molecule is C=C(CN(Cc1cccs1)C(C)C)C(=O)O. The molecule has 0 saturated carbocycles. The molecule has 0 aromatic carbocycles. The summed E-state index contributed by atoms with van der Waals surface area (Å²) in [4.78, 5) is 14.1. The van der Waals surface area contributed by atoms with Crippen LogP contribution >= 0.6 is 11.3 Å². The maximum absolute atomic E-state index is 10.7. The van der Waals surface area contributed by atoms with Gasteiger partial charge in [0.1, 0.15) is 0 Å². The summed E-state index contributed by atoms with van der Waals surface area (Å²) in [5.74, 6) is -0.920. The molecule has 0 aliphatic rings. The van der Waals surface area contributed by atoms with E-state index in [0.29, 0.717) is 12.6 Å². The Labute approximate surface area is 100 Å². The summed E-state index contributed by atoms with van der Waals surface area (Å²) in [6.07, 6.45) is 0. The molecule has 16 heavy (non-hydrogen) atoms. The van der Waals surface area contributed by atoms with E-state index in [1.807, 2.05) is 11.4 Å². The van der Waals surface area contributed by atoms with E-state index in [0.717, 1.165) is 6.54 Å². The van der Waals surface area contributed by atoms with Crippen LogP contribution in [0.5, 0.6) is 0 Å². The zero-order valence-electron chi connectivity index (χ0n) is 9.64. The number of carboxylic acid groups (broad SMARTS) is 1. The van der Waals surface area contributed by atoms with Gasteiger partial charge in [0.15, 0.2) is 0 Å². The molecule has 0 atom stereocenters. The molecular formula is C12H17NO2S. The summed E-state index contributed by atoms with van der Waals surface area (Å²) in [6.45, 7) is 8.87. The van der Waals surface area contributed by atoms with E-state index in [-0.39, 0.29) is 5.57 Å². The van der Waals surface area contributed by atoms with Crippen LogP contribution in [0.2, 0.25) is 0 Å². The second-order valence-corrected chi connectivity index (χ2v) is 5.02. The number of carboxylic acids is 1. The maximum Gasteiger partial charge on any atom is 0.332 e. The van der Waals surface area contributed by atoms with Crippen LogP contribution < -0.4 is 0 Å². The minimum absolute atomic E-state index is 0.241. The lowest BCUT2D eigenvalue weighted by Gasteiger charge is -2.25. The van der Waals surface area contributed by atoms with Crippen molar-refractivity contribution in [3.63, 3.8) is 0 Å². The van der Waals surface area contributed by atoms with E-state index in [4.69, 9.17) is 5.11 Å². The minimum Gasteiger partial charge on any atom is -0.478 e. The highest BCUT2D eigenvalue weighted by atomic mass is 32.1. The average molecular weight is 239 g/mol. The first-order chi connectivity index (χ1) is 7.50. The Hall–Kier alpha value is -1.13. The van der Waals surface area contributed by atoms with E-state index in [1.165, 1.54) is 4.88 Å². The highest BCUT2D eigenvalue weighted by molar-refractivity contribution is 7.09. The molecule has 88 valence electrons. The summed E-state index contributed by atoms with van der Waals surface area (Å²) in [6, 6.07) is 4.37. The second kappa shape index (κ2) is 5.82. The van der Waals surface area contributed by atoms with E-state index in [9.17, 15) is 4.79 Å². The third-order valence-electron chi connectivity index (χ3n) is 2.37. The van der Waals surface area contributed by atoms with Crippen molar-refractivity contribution < 1.29 is 9.90 Å². The van der Waals surface area contributed by atoms with Crippen molar-refractivity contribution in [1.82, 2.24) is 4.90 Å². The topological polar surface area (TPSA) is 40.5 Å². The molecule has 1 heterocycles. The summed E-state index contributed by atoms with van der Waals surface area (Å²) >= 11 is 1.69. The molecule has 0 saturated heterocycles. The van der Waals surface area contributed by atoms with E-state index in [2.05, 4.69) is 31.4 Å². The third kappa shape index (κ3) is 3.79. The predicted molar refractivity (Wildman–Crippen MR) is 66.6 cm³/mol. The summed E-state index contributed by atoms with van der Waals surface area (Å²) in [5, 5.41) is 10.8. The van der Waals surface area contributed by atoms with Gasteiger partial charge in [-0.1, -0.05) is 12.6 Å². The van der Waals surface area contributed by atoms with Crippen molar-refractivity contribution in [2.45, 2.75) is 26.4 Å². The van der Waals surface area contributed by atoms with Gasteiger partial charge in [0, 0.05) is 29.6 Å². The molecule has 0 aliphatic carbocycles. The fourth-order valence-electron chi connectivity index (χ4n) is 1.34. The largest absolute Gasteiger partial charge is 0.478 e. The first-order valence-corrected chi connectivity index (χ1v) is 6.06. The summed E-state index contributed by atoms with van der Waals surface area (Å²) in [5.41, 5.74) is 0.241. The Morgan fingerprint density at radius 1 is 1.62 bits per heavy atom. The number of rotatable bonds is 6. The van der Waals surface area contributed by atoms with Gasteiger partial charge in [0.05, 0.1) is 0 Å². The van der Waals surface area contributed by atoms with Crippen LogP contribution in [0.4, 0.5) is 0 Å². The van der Waals surface area contributed by atoms with Crippen molar-refractivity contribution in [3.05, 3.63) is 34.5 Å². The van der Waals surface area contributed by atoms with Crippen LogP contribution in [0.1, 0.15) is 18.7 Å². The monoisotopic (exact) mass is 239 g/mol. The normalized spacial score (nSPS) is 11.0. The van der Waals surface area contributed by atoms with Crippen LogP contribution in [0.3, 0.4) is 0 Å². The summed E-state index contributed by atoms with van der Waals surface area (Å²) in [7, 11) is 0. The first kappa shape index (κ1) is 12.9. The Morgan fingerprint density at radius 3 is 2.75 bits per heavy atom. The van der Waals surface area contributed by atoms with Gasteiger partial charge in [-0.25, -0.2) is 4.79 Å². The average Bonchev–Trinajstić information content (AvgIpc) is 2.68. The Bertz CT molecular complexity index is 357. The van der Waals surface area contributed by atoms with Gasteiger partial charge >= 0.3 is 5.97 Å². The fourth-order valence-corrected chi connectivity index (χ4v) is 2.07. The molecule has 0 bridgehead atoms. The van der Waals surface area contributed by atoms with Gasteiger partial charge in [-0.2, -0.15) is 0 Å². The molecule has 0 amide bonds. The van der Waals surface area contributed by atoms with Gasteiger partial charge in [-0.05, 0) is 25.3 Å². The van der Waals surface area contributed by atoms with Crippen LogP contribution in [-0.4, -0.2) is 28.6 Å². The number of nitrogens with zero attached hydrogens (tertiary/aromatic N) is 1. The van der Waals surface area contributed by atoms with Crippen LogP contribution in [-0.2, 0) is 11.3 Å². The quantitative estimate of drug-likeness (QED) is 0.776. The van der Waals surface area contributed by atoms with Gasteiger partial charge in [0.2, 0.25) is 0 Å². The highest BCUT2D eigenvalue weighted by Crippen LogP contribution is 2.14. The Kier molecular flexibility index (Phi) is 4.71. The molecule has 1 aromatic rings. The Morgan fingerprint density at radius 2 is 2.31 bits per heavy atom. The van der Waals surface area contributed by atoms with Crippen LogP contribution in [0.25, 0.3) is 0 Å². The van der Waals surface area contributed by atoms with Gasteiger partial charge in [-0.15, -0.1) is 11.3 Å². The van der Waals surface area contributed by atoms with Crippen molar-refractivity contribution >= 4 is 17.3 Å². The number of hydrogen-bond acceptors (Lipinski definition) is 3. The highest BCUT2D eigenvalue weighted by Gasteiger charge is 2.15. The number of carbonyl (C=O) groups is 1. The lowest BCUT2D eigenvalue weighted by Crippen LogP contribution is -2.33. The van der Waals surface area contributed by atoms with Crippen molar-refractivity contribution in [1.29, 1.82) is 0 Å². The number of thiophene rings is 1. The zero-order chi connectivity index (χ0) is 12.1. The standard InChI is InChI=1S/C12H17NO2S/c1-9(2)13(7-10(3)12(14)15)8-11-5-4-6-16-11/h4-6,9H,3,7-8H2,1-2H3,(H,14,15). The summed E-state index contributed by atoms with van der Waals surface area (Å²) < 4.78 is 0. The molecule has 0 fully saturated rings. The molecule has 1 aromatic heterocycles. The Balaban J connectivity index is 2.61. The van der Waals surface area contributed by atoms with E-state index < -0.39 is 5.97 Å². The smallest absolute Gasteiger partial charge is 0.332 e. The minimum atomic E-state index is -0.920. The second-order valence-electron chi connectivity index (χ2n) is 3.99. The van der Waals surface area contributed by atoms with Crippen LogP contribution in [0.15, 0.2) is 29.7 Å². The van der Waals surface area contributed by atoms with Crippen LogP contribution in [0, 0.1) is 0 Å². The van der Waals surface area contributed by atoms with Crippen molar-refractivity contribution in [3.8, 4) is 0 Å². The molecule has 4 heteroatoms. The maximum atomic E-state index is 10.7. The van der Waals surface area contributed by atoms with E-state index in [1.54, 1.807) is 11.3 Å². The van der Waals surface area contributed by atoms with Crippen molar-refractivity contribution in [2.24, 2.45) is 0 Å². The first-order valence-electron chi connectivity index (χ1n) is 5.18. The van der Waals surface area contributed by atoms with Crippen molar-refractivity contribution in [2.75, 3.05) is 6.54 Å². The fraction of sp³-hybridized carbons (Fsp3) is 0.417. The molecule has 0 spiro atoms. The van der Waals surface area contributed by atoms with Gasteiger partial charge in [-0.3, -0.25) is 4.90 Å². The molecule has 1 N–H and O–H groups in total. The lowest BCUT2D eigenvalue weighted by atomic mass is 10.2. The van der Waals surface area contributed by atoms with Gasteiger partial charge < -0.3 is 5.11 Å². The zero-order valence-corrected chi connectivity index (χ0v) is 10.5. The van der Waals surface area contributed by atoms with E-state index >= 15 is 0 Å². The number of hydrogen-bond donors (Lipinski definition) is 1. The molecule has 0 aliphatic heterocycles. The van der Waals surface area contributed by atoms with Gasteiger partial charge in [0.25, 0.3) is 0 Å².